The molecule has 0 aromatic heterocycles. The van der Waals surface area contributed by atoms with Crippen LogP contribution in [0.2, 0.25) is 5.02 Å². The van der Waals surface area contributed by atoms with Crippen LogP contribution in [0.4, 0.5) is 5.69 Å². The Morgan fingerprint density at radius 3 is 2.32 bits per heavy atom. The van der Waals surface area contributed by atoms with Crippen molar-refractivity contribution in [2.75, 3.05) is 17.1 Å². The first kappa shape index (κ1) is 29.5. The summed E-state index contributed by atoms with van der Waals surface area (Å²) in [6, 6.07) is 11.6. The minimum Gasteiger partial charge on any atom is -0.352 e. The van der Waals surface area contributed by atoms with Gasteiger partial charge in [0.15, 0.2) is 0 Å². The topological polar surface area (TPSA) is 86.8 Å². The molecule has 1 aliphatic carbocycles. The molecular weight excluding hydrogens is 578 g/mol. The molecule has 37 heavy (non-hydrogen) atoms. The molecule has 1 atom stereocenters. The number of sulfonamides is 1. The maximum atomic E-state index is 13.8. The first-order chi connectivity index (χ1) is 17.5. The van der Waals surface area contributed by atoms with Crippen molar-refractivity contribution in [3.8, 4) is 0 Å². The van der Waals surface area contributed by atoms with Crippen molar-refractivity contribution >= 4 is 55.1 Å². The average Bonchev–Trinajstić information content (AvgIpc) is 2.85. The number of nitrogens with one attached hydrogen (secondary N) is 1. The molecule has 7 nitrogen and oxygen atoms in total. The van der Waals surface area contributed by atoms with Crippen molar-refractivity contribution in [1.82, 2.24) is 10.2 Å². The van der Waals surface area contributed by atoms with E-state index in [0.717, 1.165) is 51.8 Å². The van der Waals surface area contributed by atoms with Crippen LogP contribution in [-0.4, -0.2) is 50.0 Å². The molecule has 0 radical (unpaired) electrons. The van der Waals surface area contributed by atoms with Crippen molar-refractivity contribution in [2.24, 2.45) is 0 Å². The van der Waals surface area contributed by atoms with Crippen molar-refractivity contribution in [1.29, 1.82) is 0 Å². The highest BCUT2D eigenvalue weighted by Crippen LogP contribution is 2.26. The van der Waals surface area contributed by atoms with Gasteiger partial charge >= 0.3 is 0 Å². The Hall–Kier alpha value is -2.10. The molecule has 0 aliphatic heterocycles. The molecule has 0 spiro atoms. The van der Waals surface area contributed by atoms with Crippen LogP contribution in [0.5, 0.6) is 0 Å². The molecule has 0 bridgehead atoms. The number of nitrogens with zero attached hydrogens (tertiary/aromatic N) is 2. The maximum Gasteiger partial charge on any atom is 0.244 e. The largest absolute Gasteiger partial charge is 0.352 e. The van der Waals surface area contributed by atoms with Crippen molar-refractivity contribution in [3.05, 3.63) is 63.1 Å². The molecule has 1 fully saturated rings. The third-order valence-electron chi connectivity index (χ3n) is 6.71. The van der Waals surface area contributed by atoms with E-state index < -0.39 is 28.5 Å². The van der Waals surface area contributed by atoms with Crippen LogP contribution < -0.4 is 9.62 Å². The highest BCUT2D eigenvalue weighted by molar-refractivity contribution is 9.10. The van der Waals surface area contributed by atoms with E-state index in [1.807, 2.05) is 13.8 Å². The van der Waals surface area contributed by atoms with Crippen molar-refractivity contribution < 1.29 is 18.0 Å². The Morgan fingerprint density at radius 2 is 1.76 bits per heavy atom. The zero-order chi connectivity index (χ0) is 27.2. The monoisotopic (exact) mass is 611 g/mol. The molecule has 202 valence electrons. The van der Waals surface area contributed by atoms with Gasteiger partial charge in [-0.05, 0) is 67.6 Å². The van der Waals surface area contributed by atoms with E-state index in [1.165, 1.54) is 11.3 Å². The van der Waals surface area contributed by atoms with E-state index in [1.54, 1.807) is 42.5 Å². The molecule has 2 aromatic rings. The van der Waals surface area contributed by atoms with Gasteiger partial charge in [0, 0.05) is 22.1 Å². The van der Waals surface area contributed by atoms with Gasteiger partial charge in [0.05, 0.1) is 11.9 Å². The molecule has 0 unspecified atom stereocenters. The van der Waals surface area contributed by atoms with Gasteiger partial charge in [-0.3, -0.25) is 13.9 Å². The van der Waals surface area contributed by atoms with Crippen LogP contribution in [0, 0.1) is 6.92 Å². The summed E-state index contributed by atoms with van der Waals surface area (Å²) in [5.74, 6) is -0.659. The van der Waals surface area contributed by atoms with Crippen molar-refractivity contribution in [3.63, 3.8) is 0 Å². The van der Waals surface area contributed by atoms with Gasteiger partial charge in [0.25, 0.3) is 0 Å². The standard InChI is InChI=1S/C27H35BrClN3O4S/c1-4-25(27(34)30-22-8-6-5-7-9-22)31(17-20-10-12-21(29)13-11-20)26(33)18-32(37(3,35)36)23-14-15-24(28)19(2)16-23/h10-16,22,25H,4-9,17-18H2,1-3H3,(H,30,34)/t25-/m1/s1. The Bertz CT molecular complexity index is 1200. The highest BCUT2D eigenvalue weighted by Gasteiger charge is 2.32. The number of anilines is 1. The summed E-state index contributed by atoms with van der Waals surface area (Å²) in [5, 5.41) is 3.71. The molecule has 0 heterocycles. The van der Waals surface area contributed by atoms with Crippen LogP contribution in [0.15, 0.2) is 46.9 Å². The predicted molar refractivity (Wildman–Crippen MR) is 152 cm³/mol. The van der Waals surface area contributed by atoms with E-state index in [9.17, 15) is 18.0 Å². The van der Waals surface area contributed by atoms with Gasteiger partial charge in [-0.25, -0.2) is 8.42 Å². The zero-order valence-corrected chi connectivity index (χ0v) is 24.7. The minimum atomic E-state index is -3.78. The lowest BCUT2D eigenvalue weighted by molar-refractivity contribution is -0.140. The second-order valence-electron chi connectivity index (χ2n) is 9.62. The lowest BCUT2D eigenvalue weighted by Crippen LogP contribution is -2.53. The van der Waals surface area contributed by atoms with Gasteiger partial charge in [0.1, 0.15) is 12.6 Å². The Balaban J connectivity index is 1.92. The number of aryl methyl sites for hydroxylation is 1. The molecule has 0 saturated heterocycles. The van der Waals surface area contributed by atoms with E-state index in [4.69, 9.17) is 11.6 Å². The van der Waals surface area contributed by atoms with Gasteiger partial charge in [0.2, 0.25) is 21.8 Å². The molecule has 2 amide bonds. The van der Waals surface area contributed by atoms with Crippen LogP contribution >= 0.6 is 27.5 Å². The highest BCUT2D eigenvalue weighted by atomic mass is 79.9. The first-order valence-corrected chi connectivity index (χ1v) is 15.6. The fraction of sp³-hybridized carbons (Fsp3) is 0.481. The van der Waals surface area contributed by atoms with E-state index in [-0.39, 0.29) is 18.5 Å². The summed E-state index contributed by atoms with van der Waals surface area (Å²) in [6.45, 7) is 3.45. The number of hydrogen-bond acceptors (Lipinski definition) is 4. The Labute approximate surface area is 233 Å². The number of carbonyl (C=O) groups is 2. The number of halogens is 2. The molecule has 1 saturated carbocycles. The smallest absolute Gasteiger partial charge is 0.244 e. The maximum absolute atomic E-state index is 13.8. The summed E-state index contributed by atoms with van der Waals surface area (Å²) in [5.41, 5.74) is 2.03. The zero-order valence-electron chi connectivity index (χ0n) is 21.5. The summed E-state index contributed by atoms with van der Waals surface area (Å²) in [7, 11) is -3.78. The molecule has 2 aromatic carbocycles. The first-order valence-electron chi connectivity index (χ1n) is 12.6. The van der Waals surface area contributed by atoms with E-state index in [0.29, 0.717) is 17.1 Å². The summed E-state index contributed by atoms with van der Waals surface area (Å²) in [4.78, 5) is 28.7. The quantitative estimate of drug-likeness (QED) is 0.388. The second-order valence-corrected chi connectivity index (χ2v) is 12.8. The molecule has 1 N–H and O–H groups in total. The number of carbonyl (C=O) groups excluding carboxylic acids is 2. The fourth-order valence-electron chi connectivity index (χ4n) is 4.65. The van der Waals surface area contributed by atoms with Gasteiger partial charge < -0.3 is 10.2 Å². The van der Waals surface area contributed by atoms with E-state index >= 15 is 0 Å². The second kappa shape index (κ2) is 13.1. The molecular formula is C27H35BrClN3O4S. The summed E-state index contributed by atoms with van der Waals surface area (Å²) < 4.78 is 27.5. The van der Waals surface area contributed by atoms with Crippen LogP contribution in [0.3, 0.4) is 0 Å². The van der Waals surface area contributed by atoms with Gasteiger partial charge in [-0.1, -0.05) is 65.8 Å². The normalized spacial score (nSPS) is 15.2. The third kappa shape index (κ3) is 8.19. The summed E-state index contributed by atoms with van der Waals surface area (Å²) in [6.07, 6.45) is 6.65. The van der Waals surface area contributed by atoms with Crippen molar-refractivity contribution in [2.45, 2.75) is 71.0 Å². The van der Waals surface area contributed by atoms with Crippen LogP contribution in [0.1, 0.15) is 56.6 Å². The van der Waals surface area contributed by atoms with Gasteiger partial charge in [-0.2, -0.15) is 0 Å². The molecule has 1 aliphatic rings. The van der Waals surface area contributed by atoms with Crippen LogP contribution in [0.25, 0.3) is 0 Å². The molecule has 3 rings (SSSR count). The Kier molecular flexibility index (Phi) is 10.4. The number of rotatable bonds is 10. The summed E-state index contributed by atoms with van der Waals surface area (Å²) >= 11 is 9.48. The Morgan fingerprint density at radius 1 is 1.11 bits per heavy atom. The fourth-order valence-corrected chi connectivity index (χ4v) is 5.86. The predicted octanol–water partition coefficient (Wildman–Crippen LogP) is 5.43. The number of benzene rings is 2. The lowest BCUT2D eigenvalue weighted by atomic mass is 9.95. The number of hydrogen-bond donors (Lipinski definition) is 1. The molecule has 10 heteroatoms. The minimum absolute atomic E-state index is 0.0982. The van der Waals surface area contributed by atoms with Crippen LogP contribution in [-0.2, 0) is 26.2 Å². The lowest BCUT2D eigenvalue weighted by Gasteiger charge is -2.34. The van der Waals surface area contributed by atoms with Gasteiger partial charge in [-0.15, -0.1) is 0 Å². The van der Waals surface area contributed by atoms with E-state index in [2.05, 4.69) is 21.2 Å². The third-order valence-corrected chi connectivity index (χ3v) is 8.99. The number of amides is 2. The average molecular weight is 613 g/mol. The SMILES string of the molecule is CC[C@H](C(=O)NC1CCCCC1)N(Cc1ccc(Cl)cc1)C(=O)CN(c1ccc(Br)c(C)c1)S(C)(=O)=O.